The maximum absolute atomic E-state index is 12.5. The zero-order chi connectivity index (χ0) is 17.8. The first-order valence-electron chi connectivity index (χ1n) is 9.33. The Labute approximate surface area is 153 Å². The molecule has 2 aliphatic rings. The van der Waals surface area contributed by atoms with E-state index in [0.29, 0.717) is 25.6 Å². The van der Waals surface area contributed by atoms with Gasteiger partial charge < -0.3 is 9.64 Å². The van der Waals surface area contributed by atoms with E-state index in [1.807, 2.05) is 46.0 Å². The summed E-state index contributed by atoms with van der Waals surface area (Å²) in [4.78, 5) is 19.1. The summed E-state index contributed by atoms with van der Waals surface area (Å²) < 4.78 is 7.41. The highest BCUT2D eigenvalue weighted by Crippen LogP contribution is 2.25. The molecule has 0 bridgehead atoms. The summed E-state index contributed by atoms with van der Waals surface area (Å²) in [5.74, 6) is 2.40. The Kier molecular flexibility index (Phi) is 5.11. The van der Waals surface area contributed by atoms with Gasteiger partial charge in [0.1, 0.15) is 5.82 Å². The second-order valence-corrected chi connectivity index (χ2v) is 6.82. The van der Waals surface area contributed by atoms with E-state index >= 15 is 0 Å². The smallest absolute Gasteiger partial charge is 0.246 e. The van der Waals surface area contributed by atoms with E-state index in [9.17, 15) is 4.79 Å². The molecule has 2 aliphatic heterocycles. The van der Waals surface area contributed by atoms with Gasteiger partial charge in [0.25, 0.3) is 0 Å². The van der Waals surface area contributed by atoms with Crippen LogP contribution in [0.25, 0.3) is 6.08 Å². The molecule has 1 aromatic carbocycles. The number of rotatable bonds is 3. The molecule has 3 heterocycles. The first kappa shape index (κ1) is 17.0. The summed E-state index contributed by atoms with van der Waals surface area (Å²) in [5.41, 5.74) is 1.03. The fourth-order valence-electron chi connectivity index (χ4n) is 3.51. The van der Waals surface area contributed by atoms with Crippen LogP contribution in [-0.4, -0.2) is 51.9 Å². The van der Waals surface area contributed by atoms with Gasteiger partial charge in [0, 0.05) is 44.7 Å². The van der Waals surface area contributed by atoms with Crippen molar-refractivity contribution in [3.8, 4) is 0 Å². The van der Waals surface area contributed by atoms with E-state index in [1.54, 1.807) is 6.08 Å². The number of carbonyl (C=O) groups excluding carboxylic acids is 1. The minimum Gasteiger partial charge on any atom is -0.381 e. The number of fused-ring (bicyclic) bond motifs is 1. The van der Waals surface area contributed by atoms with Crippen molar-refractivity contribution < 1.29 is 9.53 Å². The van der Waals surface area contributed by atoms with Crippen molar-refractivity contribution in [2.75, 3.05) is 26.3 Å². The van der Waals surface area contributed by atoms with Crippen LogP contribution in [-0.2, 0) is 22.5 Å². The van der Waals surface area contributed by atoms with Gasteiger partial charge in [-0.3, -0.25) is 4.79 Å². The lowest BCUT2D eigenvalue weighted by molar-refractivity contribution is -0.125. The van der Waals surface area contributed by atoms with Crippen LogP contribution in [0.3, 0.4) is 0 Å². The number of nitrogens with zero attached hydrogens (tertiary/aromatic N) is 4. The molecule has 136 valence electrons. The third-order valence-corrected chi connectivity index (χ3v) is 5.07. The minimum atomic E-state index is 0.0456. The molecule has 1 fully saturated rings. The molecule has 4 rings (SSSR count). The van der Waals surface area contributed by atoms with Crippen LogP contribution in [0.2, 0.25) is 0 Å². The van der Waals surface area contributed by atoms with Crippen LogP contribution < -0.4 is 0 Å². The van der Waals surface area contributed by atoms with Crippen molar-refractivity contribution in [2.45, 2.75) is 31.7 Å². The van der Waals surface area contributed by atoms with E-state index in [2.05, 4.69) is 0 Å². The summed E-state index contributed by atoms with van der Waals surface area (Å²) in [6.45, 7) is 3.65. The summed E-state index contributed by atoms with van der Waals surface area (Å²) in [6.07, 6.45) is 6.27. The van der Waals surface area contributed by atoms with Crippen LogP contribution in [0, 0.1) is 0 Å². The first-order chi connectivity index (χ1) is 12.8. The lowest BCUT2D eigenvalue weighted by atomic mass is 10.00. The largest absolute Gasteiger partial charge is 0.381 e. The Morgan fingerprint density at radius 3 is 2.73 bits per heavy atom. The van der Waals surface area contributed by atoms with Gasteiger partial charge in [0.15, 0.2) is 5.82 Å². The molecule has 0 saturated carbocycles. The topological polar surface area (TPSA) is 60.3 Å². The molecule has 0 aliphatic carbocycles. The van der Waals surface area contributed by atoms with Gasteiger partial charge in [-0.2, -0.15) is 5.10 Å². The van der Waals surface area contributed by atoms with Gasteiger partial charge >= 0.3 is 0 Å². The number of amides is 1. The fourth-order valence-corrected chi connectivity index (χ4v) is 3.51. The molecule has 0 spiro atoms. The number of hydrogen-bond donors (Lipinski definition) is 0. The van der Waals surface area contributed by atoms with E-state index in [1.165, 1.54) is 0 Å². The maximum Gasteiger partial charge on any atom is 0.246 e. The number of ether oxygens (including phenoxy) is 1. The van der Waals surface area contributed by atoms with Crippen molar-refractivity contribution in [2.24, 2.45) is 0 Å². The lowest BCUT2D eigenvalue weighted by Crippen LogP contribution is -2.32. The molecular formula is C20H24N4O2. The zero-order valence-electron chi connectivity index (χ0n) is 14.9. The minimum absolute atomic E-state index is 0.0456. The Morgan fingerprint density at radius 2 is 1.92 bits per heavy atom. The molecule has 0 N–H and O–H groups in total. The van der Waals surface area contributed by atoms with Crippen LogP contribution >= 0.6 is 0 Å². The Hall–Kier alpha value is -2.47. The standard InChI is InChI=1S/C20H24N4O2/c25-19(7-6-16-4-2-1-3-5-16)23-11-8-18-21-20(22-24(18)13-12-23)17-9-14-26-15-10-17/h1-7,17H,8-15H2/b7-6+. The summed E-state index contributed by atoms with van der Waals surface area (Å²) in [7, 11) is 0. The molecule has 26 heavy (non-hydrogen) atoms. The third kappa shape index (κ3) is 3.85. The van der Waals surface area contributed by atoms with E-state index < -0.39 is 0 Å². The van der Waals surface area contributed by atoms with Crippen molar-refractivity contribution in [1.82, 2.24) is 19.7 Å². The molecule has 2 aromatic rings. The van der Waals surface area contributed by atoms with E-state index in [4.69, 9.17) is 14.8 Å². The van der Waals surface area contributed by atoms with Crippen molar-refractivity contribution in [3.05, 3.63) is 53.6 Å². The summed E-state index contributed by atoms with van der Waals surface area (Å²) in [6, 6.07) is 9.89. The average molecular weight is 352 g/mol. The van der Waals surface area contributed by atoms with Gasteiger partial charge in [0.05, 0.1) is 6.54 Å². The summed E-state index contributed by atoms with van der Waals surface area (Å²) in [5, 5.41) is 4.72. The van der Waals surface area contributed by atoms with Crippen molar-refractivity contribution in [1.29, 1.82) is 0 Å². The highest BCUT2D eigenvalue weighted by atomic mass is 16.5. The van der Waals surface area contributed by atoms with Crippen LogP contribution in [0.15, 0.2) is 36.4 Å². The van der Waals surface area contributed by atoms with E-state index in [-0.39, 0.29) is 5.91 Å². The van der Waals surface area contributed by atoms with Gasteiger partial charge in [-0.05, 0) is 24.5 Å². The molecule has 0 atom stereocenters. The molecule has 6 heteroatoms. The molecule has 0 radical (unpaired) electrons. The fraction of sp³-hybridized carbons (Fsp3) is 0.450. The Morgan fingerprint density at radius 1 is 1.12 bits per heavy atom. The second kappa shape index (κ2) is 7.83. The van der Waals surface area contributed by atoms with Gasteiger partial charge in [-0.15, -0.1) is 0 Å². The molecule has 0 unspecified atom stereocenters. The van der Waals surface area contributed by atoms with E-state index in [0.717, 1.165) is 49.7 Å². The van der Waals surface area contributed by atoms with Crippen LogP contribution in [0.5, 0.6) is 0 Å². The normalized spacial score (nSPS) is 18.7. The summed E-state index contributed by atoms with van der Waals surface area (Å²) >= 11 is 0. The van der Waals surface area contributed by atoms with Crippen LogP contribution in [0.4, 0.5) is 0 Å². The Balaban J connectivity index is 1.38. The van der Waals surface area contributed by atoms with Gasteiger partial charge in [-0.25, -0.2) is 9.67 Å². The lowest BCUT2D eigenvalue weighted by Gasteiger charge is -2.19. The average Bonchev–Trinajstić information content (AvgIpc) is 3.01. The molecule has 1 amide bonds. The molecule has 6 nitrogen and oxygen atoms in total. The molecular weight excluding hydrogens is 328 g/mol. The first-order valence-corrected chi connectivity index (χ1v) is 9.33. The predicted octanol–water partition coefficient (Wildman–Crippen LogP) is 2.27. The van der Waals surface area contributed by atoms with Crippen molar-refractivity contribution >= 4 is 12.0 Å². The highest BCUT2D eigenvalue weighted by Gasteiger charge is 2.24. The second-order valence-electron chi connectivity index (χ2n) is 6.82. The maximum atomic E-state index is 12.5. The Bertz CT molecular complexity index is 753. The number of benzene rings is 1. The number of carbonyl (C=O) groups is 1. The SMILES string of the molecule is O=C(/C=C/c1ccccc1)N1CCc2nc(C3CCOCC3)nn2CC1. The third-order valence-electron chi connectivity index (χ3n) is 5.07. The number of aromatic nitrogens is 3. The highest BCUT2D eigenvalue weighted by molar-refractivity contribution is 5.91. The van der Waals surface area contributed by atoms with Gasteiger partial charge in [0.2, 0.25) is 5.91 Å². The number of hydrogen-bond acceptors (Lipinski definition) is 4. The zero-order valence-corrected chi connectivity index (χ0v) is 14.9. The monoisotopic (exact) mass is 352 g/mol. The van der Waals surface area contributed by atoms with Gasteiger partial charge in [-0.1, -0.05) is 30.3 Å². The van der Waals surface area contributed by atoms with Crippen LogP contribution in [0.1, 0.15) is 36.0 Å². The van der Waals surface area contributed by atoms with Crippen molar-refractivity contribution in [3.63, 3.8) is 0 Å². The molecule has 1 saturated heterocycles. The predicted molar refractivity (Wildman–Crippen MR) is 98.6 cm³/mol. The quantitative estimate of drug-likeness (QED) is 0.795. The molecule has 1 aromatic heterocycles.